The summed E-state index contributed by atoms with van der Waals surface area (Å²) in [4.78, 5) is 3.95. The second kappa shape index (κ2) is 3.79. The van der Waals surface area contributed by atoms with E-state index in [1.54, 1.807) is 19.2 Å². The van der Waals surface area contributed by atoms with E-state index in [2.05, 4.69) is 4.98 Å². The van der Waals surface area contributed by atoms with Crippen LogP contribution in [0.15, 0.2) is 12.1 Å². The van der Waals surface area contributed by atoms with Gasteiger partial charge in [-0.3, -0.25) is 0 Å². The number of aromatic nitrogens is 1. The lowest BCUT2D eigenvalue weighted by molar-refractivity contribution is 0.414. The molecular weight excluding hydrogens is 185 g/mol. The standard InChI is InChI=1S/C7H7Cl2NO/c1-11-6-2-5(4-8)10-7(9)3-6/h2-3H,4H2,1H3. The van der Waals surface area contributed by atoms with Crippen molar-refractivity contribution in [3.63, 3.8) is 0 Å². The summed E-state index contributed by atoms with van der Waals surface area (Å²) in [6.07, 6.45) is 0. The van der Waals surface area contributed by atoms with E-state index >= 15 is 0 Å². The second-order valence-electron chi connectivity index (χ2n) is 1.95. The normalized spacial score (nSPS) is 9.73. The zero-order chi connectivity index (χ0) is 8.27. The van der Waals surface area contributed by atoms with Gasteiger partial charge in [0, 0.05) is 12.1 Å². The first-order chi connectivity index (χ1) is 5.26. The van der Waals surface area contributed by atoms with E-state index in [0.29, 0.717) is 16.8 Å². The molecule has 0 radical (unpaired) electrons. The van der Waals surface area contributed by atoms with Gasteiger partial charge in [-0.25, -0.2) is 4.98 Å². The zero-order valence-electron chi connectivity index (χ0n) is 5.97. The summed E-state index contributed by atoms with van der Waals surface area (Å²) < 4.78 is 4.95. The van der Waals surface area contributed by atoms with Crippen molar-refractivity contribution in [2.24, 2.45) is 0 Å². The van der Waals surface area contributed by atoms with Crippen LogP contribution in [0.5, 0.6) is 5.75 Å². The number of rotatable bonds is 2. The van der Waals surface area contributed by atoms with E-state index in [1.807, 2.05) is 0 Å². The maximum Gasteiger partial charge on any atom is 0.133 e. The molecule has 0 unspecified atom stereocenters. The topological polar surface area (TPSA) is 22.1 Å². The van der Waals surface area contributed by atoms with Gasteiger partial charge in [0.2, 0.25) is 0 Å². The second-order valence-corrected chi connectivity index (χ2v) is 2.61. The molecule has 1 rings (SSSR count). The number of pyridine rings is 1. The Labute approximate surface area is 75.1 Å². The molecule has 0 atom stereocenters. The Morgan fingerprint density at radius 1 is 1.55 bits per heavy atom. The van der Waals surface area contributed by atoms with Gasteiger partial charge in [0.1, 0.15) is 10.9 Å². The smallest absolute Gasteiger partial charge is 0.133 e. The minimum atomic E-state index is 0.344. The summed E-state index contributed by atoms with van der Waals surface area (Å²) in [7, 11) is 1.57. The molecule has 0 saturated carbocycles. The summed E-state index contributed by atoms with van der Waals surface area (Å²) in [5.74, 6) is 1.03. The van der Waals surface area contributed by atoms with Crippen molar-refractivity contribution in [3.8, 4) is 5.75 Å². The van der Waals surface area contributed by atoms with Crippen LogP contribution < -0.4 is 4.74 Å². The minimum Gasteiger partial charge on any atom is -0.497 e. The average Bonchev–Trinajstić information content (AvgIpc) is 2.03. The molecule has 11 heavy (non-hydrogen) atoms. The van der Waals surface area contributed by atoms with Crippen LogP contribution in [0.1, 0.15) is 5.69 Å². The first-order valence-corrected chi connectivity index (χ1v) is 3.94. The molecule has 0 spiro atoms. The van der Waals surface area contributed by atoms with E-state index in [-0.39, 0.29) is 0 Å². The minimum absolute atomic E-state index is 0.344. The fourth-order valence-corrected chi connectivity index (χ4v) is 1.06. The first-order valence-electron chi connectivity index (χ1n) is 3.02. The van der Waals surface area contributed by atoms with E-state index in [0.717, 1.165) is 5.69 Å². The number of hydrogen-bond donors (Lipinski definition) is 0. The predicted molar refractivity (Wildman–Crippen MR) is 45.4 cm³/mol. The summed E-state index contributed by atoms with van der Waals surface area (Å²) in [5, 5.41) is 0.403. The van der Waals surface area contributed by atoms with Gasteiger partial charge in [-0.05, 0) is 0 Å². The highest BCUT2D eigenvalue weighted by Crippen LogP contribution is 2.17. The molecule has 0 fully saturated rings. The maximum atomic E-state index is 5.66. The molecule has 4 heteroatoms. The highest BCUT2D eigenvalue weighted by molar-refractivity contribution is 6.29. The third kappa shape index (κ3) is 2.24. The SMILES string of the molecule is COc1cc(Cl)nc(CCl)c1. The Morgan fingerprint density at radius 3 is 2.82 bits per heavy atom. The van der Waals surface area contributed by atoms with Gasteiger partial charge in [-0.1, -0.05) is 11.6 Å². The molecule has 0 aliphatic heterocycles. The summed E-state index contributed by atoms with van der Waals surface area (Å²) in [6, 6.07) is 3.39. The molecule has 0 bridgehead atoms. The molecule has 0 aromatic carbocycles. The van der Waals surface area contributed by atoms with Crippen molar-refractivity contribution < 1.29 is 4.74 Å². The lowest BCUT2D eigenvalue weighted by Crippen LogP contribution is -1.89. The molecule has 0 aliphatic carbocycles. The molecule has 1 aromatic rings. The molecule has 1 heterocycles. The predicted octanol–water partition coefficient (Wildman–Crippen LogP) is 2.48. The number of halogens is 2. The van der Waals surface area contributed by atoms with Crippen LogP contribution in [-0.4, -0.2) is 12.1 Å². The van der Waals surface area contributed by atoms with E-state index in [4.69, 9.17) is 27.9 Å². The number of hydrogen-bond acceptors (Lipinski definition) is 2. The zero-order valence-corrected chi connectivity index (χ0v) is 7.49. The van der Waals surface area contributed by atoms with Crippen molar-refractivity contribution in [1.29, 1.82) is 0 Å². The quantitative estimate of drug-likeness (QED) is 0.530. The van der Waals surface area contributed by atoms with Gasteiger partial charge in [-0.2, -0.15) is 0 Å². The fourth-order valence-electron chi connectivity index (χ4n) is 0.711. The molecule has 0 N–H and O–H groups in total. The summed E-state index contributed by atoms with van der Waals surface area (Å²) >= 11 is 11.2. The lowest BCUT2D eigenvalue weighted by atomic mass is 10.3. The van der Waals surface area contributed by atoms with Crippen LogP contribution in [0.4, 0.5) is 0 Å². The van der Waals surface area contributed by atoms with Crippen molar-refractivity contribution >= 4 is 23.2 Å². The van der Waals surface area contributed by atoms with Gasteiger partial charge in [0.25, 0.3) is 0 Å². The number of alkyl halides is 1. The van der Waals surface area contributed by atoms with Crippen molar-refractivity contribution in [2.45, 2.75) is 5.88 Å². The molecule has 1 aromatic heterocycles. The monoisotopic (exact) mass is 191 g/mol. The van der Waals surface area contributed by atoms with Crippen LogP contribution in [0.2, 0.25) is 5.15 Å². The molecule has 0 aliphatic rings. The summed E-state index contributed by atoms with van der Waals surface area (Å²) in [6.45, 7) is 0. The van der Waals surface area contributed by atoms with Crippen LogP contribution in [0.3, 0.4) is 0 Å². The largest absolute Gasteiger partial charge is 0.497 e. The van der Waals surface area contributed by atoms with Crippen molar-refractivity contribution in [3.05, 3.63) is 23.0 Å². The van der Waals surface area contributed by atoms with E-state index in [9.17, 15) is 0 Å². The number of ether oxygens (including phenoxy) is 1. The maximum absolute atomic E-state index is 5.66. The third-order valence-electron chi connectivity index (χ3n) is 1.19. The third-order valence-corrected chi connectivity index (χ3v) is 1.66. The number of methoxy groups -OCH3 is 1. The molecule has 0 saturated heterocycles. The van der Waals surface area contributed by atoms with Crippen LogP contribution >= 0.6 is 23.2 Å². The average molecular weight is 192 g/mol. The molecule has 2 nitrogen and oxygen atoms in total. The highest BCUT2D eigenvalue weighted by Gasteiger charge is 1.99. The van der Waals surface area contributed by atoms with Crippen molar-refractivity contribution in [2.75, 3.05) is 7.11 Å². The Morgan fingerprint density at radius 2 is 2.27 bits per heavy atom. The Hall–Kier alpha value is -0.470. The van der Waals surface area contributed by atoms with Gasteiger partial charge >= 0.3 is 0 Å². The summed E-state index contributed by atoms with van der Waals surface area (Å²) in [5.41, 5.74) is 0.719. The fraction of sp³-hybridized carbons (Fsp3) is 0.286. The van der Waals surface area contributed by atoms with Gasteiger partial charge < -0.3 is 4.74 Å². The van der Waals surface area contributed by atoms with Crippen LogP contribution in [-0.2, 0) is 5.88 Å². The Balaban J connectivity index is 3.02. The molecular formula is C7H7Cl2NO. The van der Waals surface area contributed by atoms with Crippen molar-refractivity contribution in [1.82, 2.24) is 4.98 Å². The van der Waals surface area contributed by atoms with E-state index in [1.165, 1.54) is 0 Å². The first kappa shape index (κ1) is 8.62. The van der Waals surface area contributed by atoms with Gasteiger partial charge in [0.05, 0.1) is 18.7 Å². The van der Waals surface area contributed by atoms with Gasteiger partial charge in [-0.15, -0.1) is 11.6 Å². The van der Waals surface area contributed by atoms with Crippen LogP contribution in [0, 0.1) is 0 Å². The highest BCUT2D eigenvalue weighted by atomic mass is 35.5. The molecule has 0 amide bonds. The lowest BCUT2D eigenvalue weighted by Gasteiger charge is -2.01. The Kier molecular flexibility index (Phi) is 2.97. The molecule has 60 valence electrons. The Bertz CT molecular complexity index is 230. The van der Waals surface area contributed by atoms with E-state index < -0.39 is 0 Å². The number of nitrogens with zero attached hydrogens (tertiary/aromatic N) is 1. The van der Waals surface area contributed by atoms with Gasteiger partial charge in [0.15, 0.2) is 0 Å². The van der Waals surface area contributed by atoms with Crippen LogP contribution in [0.25, 0.3) is 0 Å².